The first-order valence-electron chi connectivity index (χ1n) is 10.7. The number of nitrogens with one attached hydrogen (secondary N) is 2. The van der Waals surface area contributed by atoms with Crippen LogP contribution in [0.15, 0.2) is 61.2 Å². The van der Waals surface area contributed by atoms with E-state index in [4.69, 9.17) is 23.2 Å². The number of halogens is 2. The summed E-state index contributed by atoms with van der Waals surface area (Å²) in [5.74, 6) is 0.414. The third kappa shape index (κ3) is 7.23. The summed E-state index contributed by atoms with van der Waals surface area (Å²) in [4.78, 5) is 28.4. The van der Waals surface area contributed by atoms with Gasteiger partial charge in [-0.05, 0) is 48.6 Å². The Bertz CT molecular complexity index is 1010. The van der Waals surface area contributed by atoms with Gasteiger partial charge < -0.3 is 20.1 Å². The van der Waals surface area contributed by atoms with Gasteiger partial charge in [0.25, 0.3) is 0 Å². The van der Waals surface area contributed by atoms with Crippen LogP contribution in [-0.4, -0.2) is 46.9 Å². The van der Waals surface area contributed by atoms with Crippen molar-refractivity contribution in [1.29, 1.82) is 0 Å². The second-order valence-electron chi connectivity index (χ2n) is 7.67. The number of piperidine rings is 1. The number of para-hydroxylation sites is 1. The summed E-state index contributed by atoms with van der Waals surface area (Å²) in [5, 5.41) is 7.08. The van der Waals surface area contributed by atoms with Crippen LogP contribution in [0, 0.1) is 0 Å². The molecule has 1 aliphatic heterocycles. The Balaban J connectivity index is 0.000000257. The summed E-state index contributed by atoms with van der Waals surface area (Å²) in [7, 11) is 1.78. The molecule has 174 valence electrons. The molecule has 1 saturated heterocycles. The van der Waals surface area contributed by atoms with Crippen LogP contribution in [0.1, 0.15) is 24.3 Å². The minimum absolute atomic E-state index is 0.0740. The maximum atomic E-state index is 11.9. The Hall–Kier alpha value is -3.03. The lowest BCUT2D eigenvalue weighted by Gasteiger charge is -2.29. The molecule has 1 aromatic heterocycles. The molecule has 3 aromatic rings. The van der Waals surface area contributed by atoms with Gasteiger partial charge in [0.05, 0.1) is 22.1 Å². The quantitative estimate of drug-likeness (QED) is 0.485. The predicted molar refractivity (Wildman–Crippen MR) is 133 cm³/mol. The zero-order chi connectivity index (χ0) is 23.6. The monoisotopic (exact) mass is 487 g/mol. The Morgan fingerprint density at radius 1 is 1.12 bits per heavy atom. The molecule has 1 fully saturated rings. The van der Waals surface area contributed by atoms with Crippen molar-refractivity contribution in [3.05, 3.63) is 76.8 Å². The number of likely N-dealkylation sites (tertiary alicyclic amines) is 1. The first-order valence-corrected chi connectivity index (χ1v) is 11.4. The van der Waals surface area contributed by atoms with Crippen LogP contribution in [0.4, 0.5) is 11.4 Å². The lowest BCUT2D eigenvalue weighted by Crippen LogP contribution is -2.31. The second kappa shape index (κ2) is 12.3. The highest BCUT2D eigenvalue weighted by molar-refractivity contribution is 6.39. The van der Waals surface area contributed by atoms with Gasteiger partial charge in [-0.15, -0.1) is 0 Å². The molecule has 0 bridgehead atoms. The van der Waals surface area contributed by atoms with Crippen LogP contribution in [0.3, 0.4) is 0 Å². The molecule has 7 nitrogen and oxygen atoms in total. The molecule has 0 atom stereocenters. The molecule has 9 heteroatoms. The van der Waals surface area contributed by atoms with Crippen molar-refractivity contribution in [3.63, 3.8) is 0 Å². The molecule has 0 aliphatic carbocycles. The van der Waals surface area contributed by atoms with Crippen molar-refractivity contribution in [3.8, 4) is 0 Å². The number of aromatic nitrogens is 2. The van der Waals surface area contributed by atoms with E-state index in [1.807, 2.05) is 23.1 Å². The molecular formula is C24H27Cl2N5O2. The molecule has 33 heavy (non-hydrogen) atoms. The van der Waals surface area contributed by atoms with Crippen LogP contribution in [0.5, 0.6) is 0 Å². The number of hydrogen-bond acceptors (Lipinski definition) is 4. The molecule has 2 heterocycles. The molecule has 1 aliphatic rings. The molecule has 2 N–H and O–H groups in total. The average molecular weight is 488 g/mol. The fourth-order valence-electron chi connectivity index (χ4n) is 3.66. The van der Waals surface area contributed by atoms with E-state index in [0.29, 0.717) is 16.0 Å². The number of benzene rings is 2. The maximum absolute atomic E-state index is 11.9. The third-order valence-electron chi connectivity index (χ3n) is 5.44. The lowest BCUT2D eigenvalue weighted by molar-refractivity contribution is -0.119. The number of amides is 2. The number of carbonyl (C=O) groups excluding carboxylic acids is 2. The Kier molecular flexibility index (Phi) is 9.15. The van der Waals surface area contributed by atoms with E-state index in [0.717, 1.165) is 43.7 Å². The van der Waals surface area contributed by atoms with Gasteiger partial charge >= 0.3 is 0 Å². The van der Waals surface area contributed by atoms with Gasteiger partial charge in [-0.3, -0.25) is 9.59 Å². The Morgan fingerprint density at radius 2 is 1.79 bits per heavy atom. The Morgan fingerprint density at radius 3 is 2.30 bits per heavy atom. The number of carbonyl (C=O) groups is 2. The first kappa shape index (κ1) is 24.6. The standard InChI is InChI=1S/C17H20N4O2.C7H7Cl2N/c22-13-20-8-5-15(6-9-20)14-1-3-16(4-2-14)19-17(23)11-21-10-7-18-12-21;1-10-7-5(8)3-2-4-6(7)9/h1-4,7,10,12-13,15H,5-6,8-9,11H2,(H,19,23);2-4,10H,1H3. The number of hydrogen-bond donors (Lipinski definition) is 2. The maximum Gasteiger partial charge on any atom is 0.244 e. The van der Waals surface area contributed by atoms with Crippen molar-refractivity contribution in [1.82, 2.24) is 14.5 Å². The van der Waals surface area contributed by atoms with Crippen LogP contribution in [-0.2, 0) is 16.1 Å². The van der Waals surface area contributed by atoms with Crippen LogP contribution in [0.25, 0.3) is 0 Å². The normalized spacial score (nSPS) is 13.6. The summed E-state index contributed by atoms with van der Waals surface area (Å²) in [6, 6.07) is 13.4. The van der Waals surface area contributed by atoms with Gasteiger partial charge in [-0.2, -0.15) is 0 Å². The van der Waals surface area contributed by atoms with Gasteiger partial charge in [0.2, 0.25) is 12.3 Å². The zero-order valence-electron chi connectivity index (χ0n) is 18.4. The van der Waals surface area contributed by atoms with E-state index in [9.17, 15) is 9.59 Å². The largest absolute Gasteiger partial charge is 0.386 e. The molecule has 4 rings (SSSR count). The first-order chi connectivity index (χ1) is 16.0. The molecular weight excluding hydrogens is 461 g/mol. The van der Waals surface area contributed by atoms with E-state index in [2.05, 4.69) is 27.8 Å². The highest BCUT2D eigenvalue weighted by atomic mass is 35.5. The topological polar surface area (TPSA) is 79.3 Å². The summed E-state index contributed by atoms with van der Waals surface area (Å²) in [5.41, 5.74) is 2.85. The number of nitrogens with zero attached hydrogens (tertiary/aromatic N) is 3. The fraction of sp³-hybridized carbons (Fsp3) is 0.292. The minimum atomic E-state index is -0.0740. The van der Waals surface area contributed by atoms with Gasteiger partial charge in [0.1, 0.15) is 6.54 Å². The van der Waals surface area contributed by atoms with Crippen molar-refractivity contribution in [2.45, 2.75) is 25.3 Å². The van der Waals surface area contributed by atoms with Crippen LogP contribution >= 0.6 is 23.2 Å². The molecule has 2 aromatic carbocycles. The third-order valence-corrected chi connectivity index (χ3v) is 6.07. The molecule has 0 radical (unpaired) electrons. The van der Waals surface area contributed by atoms with E-state index >= 15 is 0 Å². The van der Waals surface area contributed by atoms with Gasteiger partial charge in [-0.25, -0.2) is 4.98 Å². The molecule has 0 spiro atoms. The second-order valence-corrected chi connectivity index (χ2v) is 8.48. The smallest absolute Gasteiger partial charge is 0.244 e. The predicted octanol–water partition coefficient (Wildman–Crippen LogP) is 4.89. The summed E-state index contributed by atoms with van der Waals surface area (Å²) >= 11 is 11.6. The van der Waals surface area contributed by atoms with Gasteiger partial charge in [0.15, 0.2) is 0 Å². The molecule has 0 unspecified atom stereocenters. The van der Waals surface area contributed by atoms with Crippen molar-refractivity contribution in [2.75, 3.05) is 30.8 Å². The molecule has 2 amide bonds. The summed E-state index contributed by atoms with van der Waals surface area (Å²) in [6.07, 6.45) is 7.94. The van der Waals surface area contributed by atoms with Gasteiger partial charge in [0, 0.05) is 38.2 Å². The van der Waals surface area contributed by atoms with E-state index in [-0.39, 0.29) is 12.5 Å². The van der Waals surface area contributed by atoms with Crippen molar-refractivity contribution >= 4 is 46.9 Å². The van der Waals surface area contributed by atoms with Crippen LogP contribution in [0.2, 0.25) is 10.0 Å². The highest BCUT2D eigenvalue weighted by Crippen LogP contribution is 2.29. The van der Waals surface area contributed by atoms with Crippen LogP contribution < -0.4 is 10.6 Å². The average Bonchev–Trinajstić information content (AvgIpc) is 3.33. The minimum Gasteiger partial charge on any atom is -0.386 e. The summed E-state index contributed by atoms with van der Waals surface area (Å²) in [6.45, 7) is 1.89. The Labute approximate surface area is 203 Å². The number of rotatable bonds is 6. The number of anilines is 2. The lowest BCUT2D eigenvalue weighted by atomic mass is 9.89. The SMILES string of the molecule is CNc1c(Cl)cccc1Cl.O=CN1CCC(c2ccc(NC(=O)Cn3ccnc3)cc2)CC1. The zero-order valence-corrected chi connectivity index (χ0v) is 19.9. The van der Waals surface area contributed by atoms with E-state index in [1.165, 1.54) is 5.56 Å². The highest BCUT2D eigenvalue weighted by Gasteiger charge is 2.19. The van der Waals surface area contributed by atoms with Crippen molar-refractivity contribution in [2.24, 2.45) is 0 Å². The molecule has 0 saturated carbocycles. The number of imidazole rings is 1. The van der Waals surface area contributed by atoms with E-state index < -0.39 is 0 Å². The van der Waals surface area contributed by atoms with E-state index in [1.54, 1.807) is 42.5 Å². The fourth-order valence-corrected chi connectivity index (χ4v) is 4.25. The summed E-state index contributed by atoms with van der Waals surface area (Å²) < 4.78 is 1.73. The van der Waals surface area contributed by atoms with Crippen molar-refractivity contribution < 1.29 is 9.59 Å². The van der Waals surface area contributed by atoms with Gasteiger partial charge in [-0.1, -0.05) is 41.4 Å².